The van der Waals surface area contributed by atoms with Gasteiger partial charge in [-0.2, -0.15) is 10.4 Å². The Morgan fingerprint density at radius 1 is 0.963 bits per heavy atom. The number of rotatable bonds is 2. The molecule has 132 valence electrons. The first kappa shape index (κ1) is 16.9. The number of hydrogen-bond donors (Lipinski definition) is 2. The first-order chi connectivity index (χ1) is 13.0. The molecule has 0 atom stereocenters. The van der Waals surface area contributed by atoms with E-state index in [9.17, 15) is 19.9 Å². The average Bonchev–Trinajstić information content (AvgIpc) is 3.04. The monoisotopic (exact) mass is 379 g/mol. The number of hydrogen-bond acceptors (Lipinski definition) is 4. The predicted molar refractivity (Wildman–Crippen MR) is 99.5 cm³/mol. The van der Waals surface area contributed by atoms with Crippen molar-refractivity contribution in [2.45, 2.75) is 0 Å². The minimum absolute atomic E-state index is 0.0110. The van der Waals surface area contributed by atoms with Gasteiger partial charge in [0.1, 0.15) is 11.8 Å². The van der Waals surface area contributed by atoms with Crippen LogP contribution in [0, 0.1) is 17.1 Å². The number of phenols is 2. The molecule has 2 N–H and O–H groups in total. The topological polar surface area (TPSA) is 82.1 Å². The molecule has 3 aromatic carbocycles. The van der Waals surface area contributed by atoms with Crippen molar-refractivity contribution in [3.8, 4) is 34.4 Å². The summed E-state index contributed by atoms with van der Waals surface area (Å²) in [6, 6.07) is 16.1. The second-order valence-electron chi connectivity index (χ2n) is 5.91. The van der Waals surface area contributed by atoms with Crippen molar-refractivity contribution in [2.24, 2.45) is 0 Å². The summed E-state index contributed by atoms with van der Waals surface area (Å²) in [6.07, 6.45) is 0. The summed E-state index contributed by atoms with van der Waals surface area (Å²) in [7, 11) is 0. The van der Waals surface area contributed by atoms with Crippen LogP contribution in [0.15, 0.2) is 54.6 Å². The molecule has 0 aliphatic rings. The second-order valence-corrected chi connectivity index (χ2v) is 6.31. The third-order valence-electron chi connectivity index (χ3n) is 4.24. The maximum absolute atomic E-state index is 13.3. The standard InChI is InChI=1S/C20H11ClFN3O2/c21-15-8-12(2-6-19(15)26)11-1-5-18-14(7-11)17(10-23)24-25(18)13-3-4-16(22)20(27)9-13/h1-9,26-27H. The Bertz CT molecular complexity index is 1240. The molecule has 0 spiro atoms. The summed E-state index contributed by atoms with van der Waals surface area (Å²) < 4.78 is 14.8. The number of fused-ring (bicyclic) bond motifs is 1. The zero-order valence-corrected chi connectivity index (χ0v) is 14.4. The van der Waals surface area contributed by atoms with Gasteiger partial charge in [0, 0.05) is 11.5 Å². The van der Waals surface area contributed by atoms with Gasteiger partial charge < -0.3 is 10.2 Å². The van der Waals surface area contributed by atoms with Gasteiger partial charge in [-0.1, -0.05) is 23.7 Å². The van der Waals surface area contributed by atoms with E-state index in [4.69, 9.17) is 11.6 Å². The second kappa shape index (κ2) is 6.31. The van der Waals surface area contributed by atoms with Gasteiger partial charge in [-0.15, -0.1) is 0 Å². The van der Waals surface area contributed by atoms with Crippen LogP contribution in [-0.2, 0) is 0 Å². The van der Waals surface area contributed by atoms with Crippen LogP contribution in [0.3, 0.4) is 0 Å². The zero-order chi connectivity index (χ0) is 19.1. The molecular weight excluding hydrogens is 369 g/mol. The minimum Gasteiger partial charge on any atom is -0.506 e. The fourth-order valence-corrected chi connectivity index (χ4v) is 3.08. The molecule has 1 heterocycles. The summed E-state index contributed by atoms with van der Waals surface area (Å²) in [5.41, 5.74) is 2.82. The molecule has 1 aromatic heterocycles. The summed E-state index contributed by atoms with van der Waals surface area (Å²) in [5, 5.41) is 33.8. The molecule has 0 fully saturated rings. The third kappa shape index (κ3) is 2.84. The summed E-state index contributed by atoms with van der Waals surface area (Å²) >= 11 is 5.98. The van der Waals surface area contributed by atoms with Crippen molar-refractivity contribution in [2.75, 3.05) is 0 Å². The maximum Gasteiger partial charge on any atom is 0.170 e. The Balaban J connectivity index is 1.91. The SMILES string of the molecule is N#Cc1nn(-c2ccc(F)c(O)c2)c2ccc(-c3ccc(O)c(Cl)c3)cc12. The van der Waals surface area contributed by atoms with Gasteiger partial charge >= 0.3 is 0 Å². The fraction of sp³-hybridized carbons (Fsp3) is 0. The van der Waals surface area contributed by atoms with Crippen molar-refractivity contribution >= 4 is 22.5 Å². The molecule has 4 aromatic rings. The Morgan fingerprint density at radius 2 is 1.70 bits per heavy atom. The minimum atomic E-state index is -0.734. The van der Waals surface area contributed by atoms with E-state index in [1.807, 2.05) is 6.07 Å². The van der Waals surface area contributed by atoms with E-state index in [2.05, 4.69) is 11.2 Å². The lowest BCUT2D eigenvalue weighted by Crippen LogP contribution is -1.97. The van der Waals surface area contributed by atoms with Crippen LogP contribution in [0.25, 0.3) is 27.7 Å². The number of halogens is 2. The molecule has 0 bridgehead atoms. The molecule has 0 radical (unpaired) electrons. The average molecular weight is 380 g/mol. The fourth-order valence-electron chi connectivity index (χ4n) is 2.90. The van der Waals surface area contributed by atoms with E-state index in [-0.39, 0.29) is 16.5 Å². The smallest absolute Gasteiger partial charge is 0.170 e. The molecule has 4 rings (SSSR count). The molecule has 7 heteroatoms. The molecule has 0 saturated heterocycles. The van der Waals surface area contributed by atoms with Gasteiger partial charge in [0.25, 0.3) is 0 Å². The Kier molecular flexibility index (Phi) is 3.94. The molecule has 5 nitrogen and oxygen atoms in total. The van der Waals surface area contributed by atoms with Crippen molar-refractivity contribution in [3.05, 3.63) is 71.1 Å². The number of aromatic nitrogens is 2. The highest BCUT2D eigenvalue weighted by Crippen LogP contribution is 2.32. The van der Waals surface area contributed by atoms with Crippen molar-refractivity contribution in [1.29, 1.82) is 5.26 Å². The van der Waals surface area contributed by atoms with Gasteiger partial charge in [0.05, 0.1) is 16.2 Å². The number of phenolic OH excluding ortho intramolecular Hbond substituents is 2. The van der Waals surface area contributed by atoms with Gasteiger partial charge in [-0.05, 0) is 47.5 Å². The van der Waals surface area contributed by atoms with Crippen LogP contribution in [0.1, 0.15) is 5.69 Å². The lowest BCUT2D eigenvalue weighted by atomic mass is 10.0. The number of nitriles is 1. The molecule has 0 aliphatic heterocycles. The van der Waals surface area contributed by atoms with Crippen LogP contribution in [-0.4, -0.2) is 20.0 Å². The van der Waals surface area contributed by atoms with Gasteiger partial charge in [-0.3, -0.25) is 0 Å². The van der Waals surface area contributed by atoms with Crippen LogP contribution in [0.4, 0.5) is 4.39 Å². The molecule has 0 aliphatic carbocycles. The Hall–Kier alpha value is -3.56. The van der Waals surface area contributed by atoms with E-state index < -0.39 is 11.6 Å². The first-order valence-electron chi connectivity index (χ1n) is 7.88. The Labute approximate surface area is 158 Å². The highest BCUT2D eigenvalue weighted by molar-refractivity contribution is 6.32. The van der Waals surface area contributed by atoms with Crippen LogP contribution in [0.2, 0.25) is 5.02 Å². The highest BCUT2D eigenvalue weighted by Gasteiger charge is 2.14. The molecule has 0 unspecified atom stereocenters. The van der Waals surface area contributed by atoms with E-state index in [1.165, 1.54) is 22.9 Å². The van der Waals surface area contributed by atoms with Crippen LogP contribution >= 0.6 is 11.6 Å². The maximum atomic E-state index is 13.3. The summed E-state index contributed by atoms with van der Waals surface area (Å²) in [4.78, 5) is 0. The highest BCUT2D eigenvalue weighted by atomic mass is 35.5. The van der Waals surface area contributed by atoms with E-state index in [1.54, 1.807) is 24.3 Å². The normalized spacial score (nSPS) is 10.9. The van der Waals surface area contributed by atoms with E-state index >= 15 is 0 Å². The van der Waals surface area contributed by atoms with E-state index in [0.29, 0.717) is 16.6 Å². The number of benzene rings is 3. The van der Waals surface area contributed by atoms with Crippen molar-refractivity contribution < 1.29 is 14.6 Å². The van der Waals surface area contributed by atoms with Gasteiger partial charge in [-0.25, -0.2) is 9.07 Å². The molecule has 0 amide bonds. The predicted octanol–water partition coefficient (Wildman–Crippen LogP) is 4.77. The lowest BCUT2D eigenvalue weighted by Gasteiger charge is -2.06. The zero-order valence-electron chi connectivity index (χ0n) is 13.7. The number of nitrogens with zero attached hydrogens (tertiary/aromatic N) is 3. The number of aromatic hydroxyl groups is 2. The van der Waals surface area contributed by atoms with E-state index in [0.717, 1.165) is 17.2 Å². The molecule has 27 heavy (non-hydrogen) atoms. The summed E-state index contributed by atoms with van der Waals surface area (Å²) in [6.45, 7) is 0. The van der Waals surface area contributed by atoms with Gasteiger partial charge in [0.15, 0.2) is 17.3 Å². The Morgan fingerprint density at radius 3 is 2.41 bits per heavy atom. The quantitative estimate of drug-likeness (QED) is 0.525. The molecular formula is C20H11ClFN3O2. The first-order valence-corrected chi connectivity index (χ1v) is 8.26. The summed E-state index contributed by atoms with van der Waals surface area (Å²) in [5.74, 6) is -1.24. The van der Waals surface area contributed by atoms with Crippen molar-refractivity contribution in [3.63, 3.8) is 0 Å². The molecule has 0 saturated carbocycles. The van der Waals surface area contributed by atoms with Crippen LogP contribution < -0.4 is 0 Å². The van der Waals surface area contributed by atoms with Crippen LogP contribution in [0.5, 0.6) is 11.5 Å². The largest absolute Gasteiger partial charge is 0.506 e. The van der Waals surface area contributed by atoms with Crippen molar-refractivity contribution in [1.82, 2.24) is 9.78 Å². The lowest BCUT2D eigenvalue weighted by molar-refractivity contribution is 0.432. The third-order valence-corrected chi connectivity index (χ3v) is 4.54. The van der Waals surface area contributed by atoms with Gasteiger partial charge in [0.2, 0.25) is 0 Å².